The van der Waals surface area contributed by atoms with Gasteiger partial charge in [-0.15, -0.1) is 0 Å². The van der Waals surface area contributed by atoms with E-state index in [-0.39, 0.29) is 24.8 Å². The summed E-state index contributed by atoms with van der Waals surface area (Å²) in [6.45, 7) is 4.78. The molecule has 18 heavy (non-hydrogen) atoms. The topological polar surface area (TPSA) is 44.8 Å². The van der Waals surface area contributed by atoms with Gasteiger partial charge in [-0.2, -0.15) is 0 Å². The standard InChI is InChI=1S/C14H18O4/c1-14(2)10-17-12(9-18-14)13(15)16-8-11-6-4-3-5-7-11/h3-7,12H,8-10H2,1-2H3. The molecule has 1 saturated heterocycles. The molecule has 1 atom stereocenters. The lowest BCUT2D eigenvalue weighted by molar-refractivity contribution is -0.198. The van der Waals surface area contributed by atoms with Gasteiger partial charge in [-0.05, 0) is 19.4 Å². The van der Waals surface area contributed by atoms with Crippen molar-refractivity contribution in [1.29, 1.82) is 0 Å². The van der Waals surface area contributed by atoms with Crippen LogP contribution in [0.15, 0.2) is 30.3 Å². The van der Waals surface area contributed by atoms with Gasteiger partial charge in [0.2, 0.25) is 0 Å². The third-order valence-corrected chi connectivity index (χ3v) is 2.74. The summed E-state index contributed by atoms with van der Waals surface area (Å²) >= 11 is 0. The first-order valence-corrected chi connectivity index (χ1v) is 6.03. The third kappa shape index (κ3) is 3.55. The minimum Gasteiger partial charge on any atom is -0.459 e. The smallest absolute Gasteiger partial charge is 0.338 e. The van der Waals surface area contributed by atoms with Crippen LogP contribution in [0.5, 0.6) is 0 Å². The fourth-order valence-corrected chi connectivity index (χ4v) is 1.65. The lowest BCUT2D eigenvalue weighted by Gasteiger charge is -2.33. The number of hydrogen-bond donors (Lipinski definition) is 0. The molecule has 0 N–H and O–H groups in total. The summed E-state index contributed by atoms with van der Waals surface area (Å²) in [4.78, 5) is 11.8. The van der Waals surface area contributed by atoms with Gasteiger partial charge in [-0.25, -0.2) is 4.79 Å². The molecule has 0 radical (unpaired) electrons. The van der Waals surface area contributed by atoms with Crippen molar-refractivity contribution in [3.63, 3.8) is 0 Å². The van der Waals surface area contributed by atoms with E-state index in [0.717, 1.165) is 5.56 Å². The van der Waals surface area contributed by atoms with Crippen LogP contribution in [-0.2, 0) is 25.6 Å². The first-order chi connectivity index (χ1) is 8.57. The van der Waals surface area contributed by atoms with Crippen molar-refractivity contribution in [1.82, 2.24) is 0 Å². The van der Waals surface area contributed by atoms with Crippen LogP contribution in [0.3, 0.4) is 0 Å². The van der Waals surface area contributed by atoms with E-state index in [1.165, 1.54) is 0 Å². The van der Waals surface area contributed by atoms with Gasteiger partial charge in [-0.1, -0.05) is 30.3 Å². The molecule has 0 aliphatic carbocycles. The lowest BCUT2D eigenvalue weighted by atomic mass is 10.1. The molecule has 1 aromatic carbocycles. The van der Waals surface area contributed by atoms with Crippen LogP contribution >= 0.6 is 0 Å². The van der Waals surface area contributed by atoms with Crippen molar-refractivity contribution in [3.8, 4) is 0 Å². The molecule has 0 bridgehead atoms. The van der Waals surface area contributed by atoms with E-state index < -0.39 is 6.10 Å². The molecule has 1 aromatic rings. The monoisotopic (exact) mass is 250 g/mol. The zero-order chi connectivity index (χ0) is 13.0. The van der Waals surface area contributed by atoms with Crippen LogP contribution < -0.4 is 0 Å². The minimum atomic E-state index is -0.610. The number of benzene rings is 1. The van der Waals surface area contributed by atoms with Gasteiger partial charge in [0.05, 0.1) is 18.8 Å². The maximum absolute atomic E-state index is 11.8. The Bertz CT molecular complexity index is 390. The van der Waals surface area contributed by atoms with Crippen molar-refractivity contribution < 1.29 is 19.0 Å². The Morgan fingerprint density at radius 1 is 1.39 bits per heavy atom. The fraction of sp³-hybridized carbons (Fsp3) is 0.500. The fourth-order valence-electron chi connectivity index (χ4n) is 1.65. The van der Waals surface area contributed by atoms with Gasteiger partial charge < -0.3 is 14.2 Å². The van der Waals surface area contributed by atoms with Crippen molar-refractivity contribution >= 4 is 5.97 Å². The Balaban J connectivity index is 1.79. The number of ether oxygens (including phenoxy) is 3. The van der Waals surface area contributed by atoms with Gasteiger partial charge in [0.15, 0.2) is 6.10 Å². The molecular formula is C14H18O4. The molecule has 1 aliphatic rings. The normalized spacial score (nSPS) is 22.4. The number of carbonyl (C=O) groups excluding carboxylic acids is 1. The molecule has 1 aliphatic heterocycles. The van der Waals surface area contributed by atoms with E-state index in [1.807, 2.05) is 44.2 Å². The molecule has 1 fully saturated rings. The summed E-state index contributed by atoms with van der Waals surface area (Å²) in [5.74, 6) is -0.366. The van der Waals surface area contributed by atoms with E-state index in [0.29, 0.717) is 6.61 Å². The van der Waals surface area contributed by atoms with Gasteiger partial charge >= 0.3 is 5.97 Å². The van der Waals surface area contributed by atoms with Crippen molar-refractivity contribution in [3.05, 3.63) is 35.9 Å². The first kappa shape index (κ1) is 13.1. The highest BCUT2D eigenvalue weighted by Gasteiger charge is 2.33. The maximum Gasteiger partial charge on any atom is 0.338 e. The maximum atomic E-state index is 11.8. The van der Waals surface area contributed by atoms with Crippen molar-refractivity contribution in [2.75, 3.05) is 13.2 Å². The zero-order valence-electron chi connectivity index (χ0n) is 10.7. The highest BCUT2D eigenvalue weighted by molar-refractivity contribution is 5.75. The summed E-state index contributed by atoms with van der Waals surface area (Å²) in [7, 11) is 0. The first-order valence-electron chi connectivity index (χ1n) is 6.03. The quantitative estimate of drug-likeness (QED) is 0.769. The third-order valence-electron chi connectivity index (χ3n) is 2.74. The second-order valence-corrected chi connectivity index (χ2v) is 4.96. The predicted octanol–water partition coefficient (Wildman–Crippen LogP) is 1.92. The second kappa shape index (κ2) is 5.50. The Morgan fingerprint density at radius 2 is 2.11 bits per heavy atom. The van der Waals surface area contributed by atoms with E-state index >= 15 is 0 Å². The van der Waals surface area contributed by atoms with E-state index in [9.17, 15) is 4.79 Å². The molecule has 2 rings (SSSR count). The number of carbonyl (C=O) groups is 1. The Hall–Kier alpha value is -1.39. The van der Waals surface area contributed by atoms with E-state index in [1.54, 1.807) is 0 Å². The van der Waals surface area contributed by atoms with E-state index in [4.69, 9.17) is 14.2 Å². The van der Waals surface area contributed by atoms with Gasteiger partial charge in [-0.3, -0.25) is 0 Å². The van der Waals surface area contributed by atoms with Crippen LogP contribution in [0.1, 0.15) is 19.4 Å². The van der Waals surface area contributed by atoms with Crippen LogP contribution in [0.25, 0.3) is 0 Å². The molecule has 1 unspecified atom stereocenters. The van der Waals surface area contributed by atoms with Crippen molar-refractivity contribution in [2.45, 2.75) is 32.2 Å². The number of hydrogen-bond acceptors (Lipinski definition) is 4. The summed E-state index contributed by atoms with van der Waals surface area (Å²) in [6, 6.07) is 9.56. The average molecular weight is 250 g/mol. The van der Waals surface area contributed by atoms with Gasteiger partial charge in [0.1, 0.15) is 6.61 Å². The molecule has 4 heteroatoms. The SMILES string of the molecule is CC1(C)COC(C(=O)OCc2ccccc2)CO1. The Labute approximate surface area is 107 Å². The summed E-state index contributed by atoms with van der Waals surface area (Å²) < 4.78 is 16.2. The summed E-state index contributed by atoms with van der Waals surface area (Å²) in [6.07, 6.45) is -0.610. The van der Waals surface area contributed by atoms with Crippen LogP contribution in [0.2, 0.25) is 0 Å². The Kier molecular flexibility index (Phi) is 3.99. The van der Waals surface area contributed by atoms with Gasteiger partial charge in [0.25, 0.3) is 0 Å². The van der Waals surface area contributed by atoms with Crippen LogP contribution in [0.4, 0.5) is 0 Å². The highest BCUT2D eigenvalue weighted by Crippen LogP contribution is 2.18. The molecule has 0 amide bonds. The van der Waals surface area contributed by atoms with E-state index in [2.05, 4.69) is 0 Å². The van der Waals surface area contributed by atoms with Gasteiger partial charge in [0, 0.05) is 0 Å². The second-order valence-electron chi connectivity index (χ2n) is 4.96. The predicted molar refractivity (Wildman–Crippen MR) is 66.0 cm³/mol. The number of rotatable bonds is 3. The largest absolute Gasteiger partial charge is 0.459 e. The molecule has 4 nitrogen and oxygen atoms in total. The molecule has 98 valence electrons. The minimum absolute atomic E-state index is 0.251. The lowest BCUT2D eigenvalue weighted by Crippen LogP contribution is -2.46. The molecule has 1 heterocycles. The van der Waals surface area contributed by atoms with Crippen LogP contribution in [-0.4, -0.2) is 30.9 Å². The zero-order valence-corrected chi connectivity index (χ0v) is 10.7. The Morgan fingerprint density at radius 3 is 2.72 bits per heavy atom. The average Bonchev–Trinajstić information content (AvgIpc) is 2.37. The van der Waals surface area contributed by atoms with Crippen molar-refractivity contribution in [2.24, 2.45) is 0 Å². The highest BCUT2D eigenvalue weighted by atomic mass is 16.6. The summed E-state index contributed by atoms with van der Waals surface area (Å²) in [5.41, 5.74) is 0.638. The molecular weight excluding hydrogens is 232 g/mol. The van der Waals surface area contributed by atoms with Crippen LogP contribution in [0, 0.1) is 0 Å². The molecule has 0 aromatic heterocycles. The number of esters is 1. The molecule has 0 spiro atoms. The summed E-state index contributed by atoms with van der Waals surface area (Å²) in [5, 5.41) is 0. The molecule has 0 saturated carbocycles.